The van der Waals surface area contributed by atoms with Crippen LogP contribution in [0.2, 0.25) is 0 Å². The molecule has 1 aromatic rings. The summed E-state index contributed by atoms with van der Waals surface area (Å²) >= 11 is 0. The van der Waals surface area contributed by atoms with Crippen molar-refractivity contribution in [3.63, 3.8) is 0 Å². The molecule has 1 aromatic carbocycles. The molecule has 0 spiro atoms. The molecule has 1 aliphatic carbocycles. The van der Waals surface area contributed by atoms with Crippen LogP contribution >= 0.6 is 12.4 Å². The molecule has 20 heavy (non-hydrogen) atoms. The molecule has 110 valence electrons. The van der Waals surface area contributed by atoms with Gasteiger partial charge in [-0.25, -0.2) is 0 Å². The Balaban J connectivity index is 0.00000147. The van der Waals surface area contributed by atoms with E-state index in [4.69, 9.17) is 10.5 Å². The summed E-state index contributed by atoms with van der Waals surface area (Å²) in [7, 11) is 0. The van der Waals surface area contributed by atoms with E-state index in [1.54, 1.807) is 24.3 Å². The zero-order valence-electron chi connectivity index (χ0n) is 11.5. The van der Waals surface area contributed by atoms with E-state index in [1.807, 2.05) is 0 Å². The number of halogens is 1. The van der Waals surface area contributed by atoms with Gasteiger partial charge in [-0.3, -0.25) is 9.69 Å². The average molecular weight is 297 g/mol. The maximum atomic E-state index is 10.9. The van der Waals surface area contributed by atoms with Crippen LogP contribution in [0.1, 0.15) is 29.6 Å². The second-order valence-corrected chi connectivity index (χ2v) is 5.48. The number of hydrogen-bond acceptors (Lipinski definition) is 3. The van der Waals surface area contributed by atoms with Crippen LogP contribution in [0, 0.1) is 5.92 Å². The summed E-state index contributed by atoms with van der Waals surface area (Å²) in [5.41, 5.74) is 5.70. The molecular formula is C15H21ClN2O2. The number of rotatable bonds is 6. The van der Waals surface area contributed by atoms with Crippen molar-refractivity contribution in [2.45, 2.75) is 25.3 Å². The van der Waals surface area contributed by atoms with Crippen LogP contribution in [0.4, 0.5) is 0 Å². The van der Waals surface area contributed by atoms with E-state index in [9.17, 15) is 4.79 Å². The van der Waals surface area contributed by atoms with Crippen molar-refractivity contribution in [1.82, 2.24) is 4.90 Å². The molecule has 0 aromatic heterocycles. The Morgan fingerprint density at radius 2 is 2.10 bits per heavy atom. The van der Waals surface area contributed by atoms with Gasteiger partial charge in [-0.15, -0.1) is 12.4 Å². The van der Waals surface area contributed by atoms with E-state index < -0.39 is 5.91 Å². The van der Waals surface area contributed by atoms with E-state index in [2.05, 4.69) is 4.90 Å². The average Bonchev–Trinajstić information content (AvgIpc) is 3.09. The summed E-state index contributed by atoms with van der Waals surface area (Å²) < 4.78 is 5.67. The highest BCUT2D eigenvalue weighted by Gasteiger charge is 2.46. The fraction of sp³-hybridized carbons (Fsp3) is 0.533. The topological polar surface area (TPSA) is 55.6 Å². The Morgan fingerprint density at radius 1 is 1.35 bits per heavy atom. The van der Waals surface area contributed by atoms with Crippen molar-refractivity contribution in [3.8, 4) is 5.75 Å². The number of piperidine rings is 1. The third kappa shape index (κ3) is 3.44. The number of ether oxygens (including phenoxy) is 1. The van der Waals surface area contributed by atoms with Gasteiger partial charge in [-0.2, -0.15) is 0 Å². The number of hydrogen-bond donors (Lipinski definition) is 1. The van der Waals surface area contributed by atoms with Gasteiger partial charge in [0.15, 0.2) is 0 Å². The first kappa shape index (κ1) is 15.1. The van der Waals surface area contributed by atoms with Crippen molar-refractivity contribution >= 4 is 18.3 Å². The predicted molar refractivity (Wildman–Crippen MR) is 80.4 cm³/mol. The maximum absolute atomic E-state index is 10.9. The minimum Gasteiger partial charge on any atom is -0.494 e. The normalized spacial score (nSPS) is 23.8. The zero-order valence-corrected chi connectivity index (χ0v) is 12.3. The van der Waals surface area contributed by atoms with Crippen molar-refractivity contribution in [2.24, 2.45) is 11.7 Å². The number of nitrogens with two attached hydrogens (primary N) is 1. The fourth-order valence-electron chi connectivity index (χ4n) is 2.94. The molecular weight excluding hydrogens is 276 g/mol. The van der Waals surface area contributed by atoms with Gasteiger partial charge in [0, 0.05) is 18.2 Å². The second-order valence-electron chi connectivity index (χ2n) is 5.48. The van der Waals surface area contributed by atoms with E-state index >= 15 is 0 Å². The molecule has 1 saturated heterocycles. The molecule has 0 bridgehead atoms. The summed E-state index contributed by atoms with van der Waals surface area (Å²) in [6.07, 6.45) is 3.86. The van der Waals surface area contributed by atoms with E-state index in [1.165, 1.54) is 19.4 Å². The smallest absolute Gasteiger partial charge is 0.248 e. The van der Waals surface area contributed by atoms with Crippen molar-refractivity contribution < 1.29 is 9.53 Å². The summed E-state index contributed by atoms with van der Waals surface area (Å²) in [5.74, 6) is 1.40. The number of amides is 1. The van der Waals surface area contributed by atoms with Gasteiger partial charge in [0.25, 0.3) is 0 Å². The summed E-state index contributed by atoms with van der Waals surface area (Å²) in [6, 6.07) is 7.88. The minimum atomic E-state index is -0.403. The lowest BCUT2D eigenvalue weighted by atomic mass is 10.2. The van der Waals surface area contributed by atoms with Gasteiger partial charge >= 0.3 is 0 Å². The molecule has 2 N–H and O–H groups in total. The Bertz CT molecular complexity index is 463. The van der Waals surface area contributed by atoms with Gasteiger partial charge < -0.3 is 10.5 Å². The molecule has 0 unspecified atom stereocenters. The van der Waals surface area contributed by atoms with Crippen LogP contribution in [-0.2, 0) is 0 Å². The molecule has 4 nitrogen and oxygen atoms in total. The van der Waals surface area contributed by atoms with Crippen LogP contribution in [0.25, 0.3) is 0 Å². The van der Waals surface area contributed by atoms with Crippen LogP contribution in [0.15, 0.2) is 24.3 Å². The predicted octanol–water partition coefficient (Wildman–Crippen LogP) is 2.07. The minimum absolute atomic E-state index is 0. The SMILES string of the molecule is Cl.NC(=O)c1ccc(OCCCN2CC[C@H]3C[C@H]32)cc1. The van der Waals surface area contributed by atoms with E-state index in [0.717, 1.165) is 37.3 Å². The van der Waals surface area contributed by atoms with Crippen molar-refractivity contribution in [1.29, 1.82) is 0 Å². The highest BCUT2D eigenvalue weighted by atomic mass is 35.5. The monoisotopic (exact) mass is 296 g/mol. The molecule has 1 saturated carbocycles. The van der Waals surface area contributed by atoms with Gasteiger partial charge in [0.05, 0.1) is 6.61 Å². The van der Waals surface area contributed by atoms with Crippen LogP contribution < -0.4 is 10.5 Å². The third-order valence-electron chi connectivity index (χ3n) is 4.14. The molecule has 1 heterocycles. The molecule has 2 atom stereocenters. The molecule has 5 heteroatoms. The number of carbonyl (C=O) groups excluding carboxylic acids is 1. The quantitative estimate of drug-likeness (QED) is 0.818. The number of benzene rings is 1. The summed E-state index contributed by atoms with van der Waals surface area (Å²) in [4.78, 5) is 13.5. The number of primary amides is 1. The third-order valence-corrected chi connectivity index (χ3v) is 4.14. The lowest BCUT2D eigenvalue weighted by Gasteiger charge is -2.17. The van der Waals surface area contributed by atoms with Crippen molar-refractivity contribution in [3.05, 3.63) is 29.8 Å². The van der Waals surface area contributed by atoms with E-state index in [-0.39, 0.29) is 12.4 Å². The Morgan fingerprint density at radius 3 is 2.65 bits per heavy atom. The molecule has 2 aliphatic rings. The molecule has 3 rings (SSSR count). The molecule has 2 fully saturated rings. The first-order valence-electron chi connectivity index (χ1n) is 7.01. The zero-order chi connectivity index (χ0) is 13.2. The summed E-state index contributed by atoms with van der Waals surface area (Å²) in [5, 5.41) is 0. The molecule has 0 radical (unpaired) electrons. The van der Waals surface area contributed by atoms with E-state index in [0.29, 0.717) is 5.56 Å². The number of nitrogens with zero attached hydrogens (tertiary/aromatic N) is 1. The highest BCUT2D eigenvalue weighted by molar-refractivity contribution is 5.92. The first-order valence-corrected chi connectivity index (χ1v) is 7.01. The second kappa shape index (κ2) is 6.46. The fourth-order valence-corrected chi connectivity index (χ4v) is 2.94. The largest absolute Gasteiger partial charge is 0.494 e. The Labute approximate surface area is 125 Å². The standard InChI is InChI=1S/C15H20N2O2.ClH/c16-15(18)11-2-4-13(5-3-11)19-9-1-7-17-8-6-12-10-14(12)17;/h2-5,12,14H,1,6-10H2,(H2,16,18);1H/t12-,14+;/m0./s1. The highest BCUT2D eigenvalue weighted by Crippen LogP contribution is 2.44. The summed E-state index contributed by atoms with van der Waals surface area (Å²) in [6.45, 7) is 3.13. The van der Waals surface area contributed by atoms with Gasteiger partial charge in [0.2, 0.25) is 5.91 Å². The lowest BCUT2D eigenvalue weighted by molar-refractivity contribution is 0.100. The van der Waals surface area contributed by atoms with Crippen LogP contribution in [-0.4, -0.2) is 36.5 Å². The van der Waals surface area contributed by atoms with Gasteiger partial charge in [-0.05, 0) is 56.0 Å². The van der Waals surface area contributed by atoms with Crippen LogP contribution in [0.5, 0.6) is 5.75 Å². The maximum Gasteiger partial charge on any atom is 0.248 e. The number of likely N-dealkylation sites (tertiary alicyclic amines) is 1. The Hall–Kier alpha value is -1.26. The molecule has 1 aliphatic heterocycles. The molecule has 1 amide bonds. The number of carbonyl (C=O) groups is 1. The van der Waals surface area contributed by atoms with Crippen molar-refractivity contribution in [2.75, 3.05) is 19.7 Å². The number of fused-ring (bicyclic) bond motifs is 1. The first-order chi connectivity index (χ1) is 9.24. The van der Waals surface area contributed by atoms with Gasteiger partial charge in [0.1, 0.15) is 5.75 Å². The Kier molecular flexibility index (Phi) is 4.89. The van der Waals surface area contributed by atoms with Crippen LogP contribution in [0.3, 0.4) is 0 Å². The lowest BCUT2D eigenvalue weighted by Crippen LogP contribution is -2.25. The van der Waals surface area contributed by atoms with Gasteiger partial charge in [-0.1, -0.05) is 0 Å².